The Morgan fingerprint density at radius 2 is 1.40 bits per heavy atom. The van der Waals surface area contributed by atoms with E-state index >= 15 is 0 Å². The van der Waals surface area contributed by atoms with Crippen LogP contribution < -0.4 is 0 Å². The molecular formula is C23H37BrO. The van der Waals surface area contributed by atoms with E-state index in [4.69, 9.17) is 0 Å². The third-order valence-electron chi connectivity index (χ3n) is 5.54. The molecular weight excluding hydrogens is 372 g/mol. The Labute approximate surface area is 164 Å². The maximum absolute atomic E-state index is 11.7. The second-order valence-electron chi connectivity index (χ2n) is 7.50. The van der Waals surface area contributed by atoms with Crippen molar-refractivity contribution in [1.82, 2.24) is 0 Å². The van der Waals surface area contributed by atoms with Gasteiger partial charge in [-0.1, -0.05) is 95.0 Å². The van der Waals surface area contributed by atoms with Gasteiger partial charge in [-0.25, -0.2) is 0 Å². The van der Waals surface area contributed by atoms with Gasteiger partial charge in [0.05, 0.1) is 0 Å². The van der Waals surface area contributed by atoms with E-state index in [1.165, 1.54) is 67.0 Å². The van der Waals surface area contributed by atoms with Crippen molar-refractivity contribution in [2.45, 2.75) is 91.9 Å². The Hall–Kier alpha value is -0.630. The largest absolute Gasteiger partial charge is 0.298 e. The predicted octanol–water partition coefficient (Wildman–Crippen LogP) is 7.78. The summed E-state index contributed by atoms with van der Waals surface area (Å²) >= 11 is 3.78. The molecule has 0 saturated carbocycles. The Kier molecular flexibility index (Phi) is 11.4. The van der Waals surface area contributed by atoms with Crippen molar-refractivity contribution in [3.63, 3.8) is 0 Å². The van der Waals surface area contributed by atoms with Crippen LogP contribution >= 0.6 is 15.9 Å². The minimum Gasteiger partial charge on any atom is -0.298 e. The average Bonchev–Trinajstić information content (AvgIpc) is 2.63. The van der Waals surface area contributed by atoms with Crippen LogP contribution in [0.3, 0.4) is 0 Å². The van der Waals surface area contributed by atoms with E-state index < -0.39 is 0 Å². The summed E-state index contributed by atoms with van der Waals surface area (Å²) in [5.41, 5.74) is 3.42. The molecule has 0 saturated heterocycles. The van der Waals surface area contributed by atoms with Crippen molar-refractivity contribution < 1.29 is 4.79 Å². The lowest BCUT2D eigenvalue weighted by Gasteiger charge is -2.19. The number of hydrogen-bond donors (Lipinski definition) is 0. The van der Waals surface area contributed by atoms with Crippen molar-refractivity contribution in [1.29, 1.82) is 0 Å². The summed E-state index contributed by atoms with van der Waals surface area (Å²) in [6.45, 7) is 9.05. The van der Waals surface area contributed by atoms with E-state index in [0.29, 0.717) is 5.92 Å². The van der Waals surface area contributed by atoms with Gasteiger partial charge in [-0.15, -0.1) is 0 Å². The Morgan fingerprint density at radius 1 is 0.880 bits per heavy atom. The molecule has 0 N–H and O–H groups in total. The smallest absolute Gasteiger partial charge is 0.150 e. The van der Waals surface area contributed by atoms with Gasteiger partial charge in [0.2, 0.25) is 0 Å². The fourth-order valence-corrected chi connectivity index (χ4v) is 4.18. The van der Waals surface area contributed by atoms with E-state index in [1.807, 2.05) is 0 Å². The van der Waals surface area contributed by atoms with Crippen LogP contribution in [0.5, 0.6) is 0 Å². The highest BCUT2D eigenvalue weighted by atomic mass is 79.9. The van der Waals surface area contributed by atoms with Crippen molar-refractivity contribution >= 4 is 22.2 Å². The van der Waals surface area contributed by atoms with Gasteiger partial charge in [-0.05, 0) is 47.9 Å². The molecule has 1 rings (SSSR count). The van der Waals surface area contributed by atoms with E-state index in [9.17, 15) is 4.79 Å². The number of carbonyl (C=O) groups is 1. The molecule has 0 spiro atoms. The lowest BCUT2D eigenvalue weighted by atomic mass is 9.87. The SMILES string of the molecule is CCCCC(CC)Cc1cc(C=O)c(CC(CC)CCCC)cc1Br. The molecule has 0 radical (unpaired) electrons. The molecule has 2 unspecified atom stereocenters. The van der Waals surface area contributed by atoms with Gasteiger partial charge in [-0.2, -0.15) is 0 Å². The van der Waals surface area contributed by atoms with Crippen molar-refractivity contribution in [2.75, 3.05) is 0 Å². The molecule has 2 heteroatoms. The summed E-state index contributed by atoms with van der Waals surface area (Å²) in [7, 11) is 0. The molecule has 0 bridgehead atoms. The first-order valence-electron chi connectivity index (χ1n) is 10.4. The second-order valence-corrected chi connectivity index (χ2v) is 8.36. The van der Waals surface area contributed by atoms with Gasteiger partial charge >= 0.3 is 0 Å². The van der Waals surface area contributed by atoms with Crippen LogP contribution in [0.1, 0.15) is 101 Å². The van der Waals surface area contributed by atoms with E-state index in [2.05, 4.69) is 55.8 Å². The van der Waals surface area contributed by atoms with Crippen LogP contribution in [0.4, 0.5) is 0 Å². The summed E-state index contributed by atoms with van der Waals surface area (Å²) < 4.78 is 1.19. The number of carbonyl (C=O) groups excluding carboxylic acids is 1. The van der Waals surface area contributed by atoms with Gasteiger partial charge in [0.1, 0.15) is 6.29 Å². The van der Waals surface area contributed by atoms with Gasteiger partial charge in [0.15, 0.2) is 0 Å². The first-order valence-corrected chi connectivity index (χ1v) is 11.1. The molecule has 1 nitrogen and oxygen atoms in total. The number of halogens is 1. The minimum atomic E-state index is 0.685. The number of aldehydes is 1. The normalized spacial score (nSPS) is 13.6. The molecule has 0 heterocycles. The molecule has 0 amide bonds. The monoisotopic (exact) mass is 408 g/mol. The van der Waals surface area contributed by atoms with Crippen LogP contribution in [0.15, 0.2) is 16.6 Å². The van der Waals surface area contributed by atoms with Gasteiger partial charge in [-0.3, -0.25) is 4.79 Å². The van der Waals surface area contributed by atoms with Crippen molar-refractivity contribution in [2.24, 2.45) is 11.8 Å². The standard InChI is InChI=1S/C23H37BrO/c1-5-9-11-18(7-3)13-20-16-23(24)21(15-22(20)17-25)14-19(8-4)12-10-6-2/h15-19H,5-14H2,1-4H3. The fraction of sp³-hybridized carbons (Fsp3) is 0.696. The number of unbranched alkanes of at least 4 members (excludes halogenated alkanes) is 2. The zero-order valence-corrected chi connectivity index (χ0v) is 18.3. The maximum atomic E-state index is 11.7. The van der Waals surface area contributed by atoms with Crippen LogP contribution in [0.25, 0.3) is 0 Å². The molecule has 1 aromatic rings. The molecule has 2 atom stereocenters. The topological polar surface area (TPSA) is 17.1 Å². The summed E-state index contributed by atoms with van der Waals surface area (Å²) in [4.78, 5) is 11.7. The highest BCUT2D eigenvalue weighted by molar-refractivity contribution is 9.10. The zero-order chi connectivity index (χ0) is 18.7. The highest BCUT2D eigenvalue weighted by Gasteiger charge is 2.15. The van der Waals surface area contributed by atoms with Gasteiger partial charge in [0, 0.05) is 10.0 Å². The maximum Gasteiger partial charge on any atom is 0.150 e. The summed E-state index contributed by atoms with van der Waals surface area (Å²) in [6.07, 6.45) is 13.2. The van der Waals surface area contributed by atoms with Crippen molar-refractivity contribution in [3.8, 4) is 0 Å². The fourth-order valence-electron chi connectivity index (χ4n) is 3.63. The highest BCUT2D eigenvalue weighted by Crippen LogP contribution is 2.29. The minimum absolute atomic E-state index is 0.685. The molecule has 0 aliphatic carbocycles. The average molecular weight is 409 g/mol. The lowest BCUT2D eigenvalue weighted by molar-refractivity contribution is 0.112. The van der Waals surface area contributed by atoms with E-state index in [-0.39, 0.29) is 0 Å². The number of hydrogen-bond acceptors (Lipinski definition) is 1. The quantitative estimate of drug-likeness (QED) is 0.304. The number of benzene rings is 1. The molecule has 142 valence electrons. The third kappa shape index (κ3) is 7.64. The molecule has 1 aromatic carbocycles. The van der Waals surface area contributed by atoms with Crippen molar-refractivity contribution in [3.05, 3.63) is 33.3 Å². The predicted molar refractivity (Wildman–Crippen MR) is 114 cm³/mol. The lowest BCUT2D eigenvalue weighted by Crippen LogP contribution is -2.09. The van der Waals surface area contributed by atoms with Crippen LogP contribution in [0, 0.1) is 11.8 Å². The molecule has 0 aliphatic heterocycles. The molecule has 0 fully saturated rings. The molecule has 0 aliphatic rings. The summed E-state index contributed by atoms with van der Waals surface area (Å²) in [5, 5.41) is 0. The molecule has 25 heavy (non-hydrogen) atoms. The first kappa shape index (κ1) is 22.4. The summed E-state index contributed by atoms with van der Waals surface area (Å²) in [6, 6.07) is 4.37. The molecule has 0 aromatic heterocycles. The summed E-state index contributed by atoms with van der Waals surface area (Å²) in [5.74, 6) is 1.40. The van der Waals surface area contributed by atoms with E-state index in [0.717, 1.165) is 30.6 Å². The first-order chi connectivity index (χ1) is 12.1. The Bertz CT molecular complexity index is 509. The Morgan fingerprint density at radius 3 is 1.84 bits per heavy atom. The zero-order valence-electron chi connectivity index (χ0n) is 16.7. The Balaban J connectivity index is 2.92. The van der Waals surface area contributed by atoms with Gasteiger partial charge in [0.25, 0.3) is 0 Å². The van der Waals surface area contributed by atoms with Crippen LogP contribution in [-0.4, -0.2) is 6.29 Å². The van der Waals surface area contributed by atoms with E-state index in [1.54, 1.807) is 0 Å². The van der Waals surface area contributed by atoms with Gasteiger partial charge < -0.3 is 0 Å². The second kappa shape index (κ2) is 12.7. The number of rotatable bonds is 13. The third-order valence-corrected chi connectivity index (χ3v) is 6.28. The van der Waals surface area contributed by atoms with Crippen LogP contribution in [-0.2, 0) is 12.8 Å². The van der Waals surface area contributed by atoms with Crippen LogP contribution in [0.2, 0.25) is 0 Å².